The standard InChI is InChI=1S/C15H14ClF3N4OS/c1-3-5-22(6-4-2)12(24)9-25-14-21-20-13-11(16)7-10(8-23(13)14)15(17,18)19/h3-4,7-8H,1-2,5-6,9H2. The fraction of sp³-hybridized carbons (Fsp3) is 0.267. The second kappa shape index (κ2) is 7.92. The van der Waals surface area contributed by atoms with E-state index < -0.39 is 11.7 Å². The van der Waals surface area contributed by atoms with E-state index in [1.54, 1.807) is 12.2 Å². The van der Waals surface area contributed by atoms with Gasteiger partial charge in [-0.25, -0.2) is 0 Å². The van der Waals surface area contributed by atoms with Crippen LogP contribution in [0.3, 0.4) is 0 Å². The van der Waals surface area contributed by atoms with Crippen molar-refractivity contribution in [2.24, 2.45) is 0 Å². The first-order valence-electron chi connectivity index (χ1n) is 7.01. The quantitative estimate of drug-likeness (QED) is 0.534. The average molecular weight is 391 g/mol. The molecule has 0 atom stereocenters. The number of thioether (sulfide) groups is 1. The lowest BCUT2D eigenvalue weighted by molar-refractivity contribution is -0.138. The Morgan fingerprint density at radius 1 is 1.32 bits per heavy atom. The topological polar surface area (TPSA) is 50.5 Å². The molecular weight excluding hydrogens is 377 g/mol. The molecule has 2 aromatic heterocycles. The van der Waals surface area contributed by atoms with Crippen LogP contribution in [-0.4, -0.2) is 44.2 Å². The Morgan fingerprint density at radius 3 is 2.52 bits per heavy atom. The van der Waals surface area contributed by atoms with Crippen LogP contribution in [0, 0.1) is 0 Å². The molecule has 0 unspecified atom stereocenters. The summed E-state index contributed by atoms with van der Waals surface area (Å²) in [5.41, 5.74) is -0.823. The third-order valence-electron chi connectivity index (χ3n) is 3.13. The summed E-state index contributed by atoms with van der Waals surface area (Å²) in [5, 5.41) is 7.57. The van der Waals surface area contributed by atoms with Gasteiger partial charge in [-0.3, -0.25) is 9.20 Å². The Kier molecular flexibility index (Phi) is 6.12. The van der Waals surface area contributed by atoms with Gasteiger partial charge in [-0.05, 0) is 6.07 Å². The monoisotopic (exact) mass is 390 g/mol. The number of carbonyl (C=O) groups is 1. The lowest BCUT2D eigenvalue weighted by Gasteiger charge is -2.18. The first-order chi connectivity index (χ1) is 11.8. The van der Waals surface area contributed by atoms with E-state index in [0.717, 1.165) is 28.4 Å². The van der Waals surface area contributed by atoms with Gasteiger partial charge < -0.3 is 4.90 Å². The molecule has 0 aliphatic rings. The van der Waals surface area contributed by atoms with Crippen LogP contribution < -0.4 is 0 Å². The second-order valence-corrected chi connectivity index (χ2v) is 6.27. The van der Waals surface area contributed by atoms with Crippen molar-refractivity contribution < 1.29 is 18.0 Å². The van der Waals surface area contributed by atoms with Gasteiger partial charge in [-0.2, -0.15) is 13.2 Å². The zero-order chi connectivity index (χ0) is 18.6. The SMILES string of the molecule is C=CCN(CC=C)C(=O)CSc1nnc2c(Cl)cc(C(F)(F)F)cn12. The maximum Gasteiger partial charge on any atom is 0.417 e. The van der Waals surface area contributed by atoms with E-state index >= 15 is 0 Å². The van der Waals surface area contributed by atoms with E-state index in [9.17, 15) is 18.0 Å². The highest BCUT2D eigenvalue weighted by Crippen LogP contribution is 2.33. The van der Waals surface area contributed by atoms with Crippen LogP contribution in [-0.2, 0) is 11.0 Å². The predicted molar refractivity (Wildman–Crippen MR) is 90.7 cm³/mol. The summed E-state index contributed by atoms with van der Waals surface area (Å²) in [7, 11) is 0. The zero-order valence-corrected chi connectivity index (χ0v) is 14.5. The minimum atomic E-state index is -4.55. The summed E-state index contributed by atoms with van der Waals surface area (Å²) in [6.45, 7) is 7.84. The molecule has 2 heterocycles. The van der Waals surface area contributed by atoms with Gasteiger partial charge in [0.15, 0.2) is 10.8 Å². The molecule has 2 aromatic rings. The van der Waals surface area contributed by atoms with Crippen molar-refractivity contribution in [3.63, 3.8) is 0 Å². The fourth-order valence-electron chi connectivity index (χ4n) is 1.99. The summed E-state index contributed by atoms with van der Waals surface area (Å²) < 4.78 is 39.9. The van der Waals surface area contributed by atoms with Crippen LogP contribution in [0.4, 0.5) is 13.2 Å². The predicted octanol–water partition coefficient (Wildman–Crippen LogP) is 3.69. The van der Waals surface area contributed by atoms with Crippen molar-refractivity contribution in [3.05, 3.63) is 48.2 Å². The van der Waals surface area contributed by atoms with E-state index in [2.05, 4.69) is 23.4 Å². The van der Waals surface area contributed by atoms with E-state index in [4.69, 9.17) is 11.6 Å². The summed E-state index contributed by atoms with van der Waals surface area (Å²) in [6, 6.07) is 0.793. The molecule has 5 nitrogen and oxygen atoms in total. The fourth-order valence-corrected chi connectivity index (χ4v) is 3.05. The Morgan fingerprint density at radius 2 is 1.96 bits per heavy atom. The number of halogens is 4. The number of nitrogens with zero attached hydrogens (tertiary/aromatic N) is 4. The average Bonchev–Trinajstić information content (AvgIpc) is 2.95. The molecule has 0 saturated carbocycles. The molecule has 0 aliphatic carbocycles. The van der Waals surface area contributed by atoms with Gasteiger partial charge in [-0.15, -0.1) is 23.4 Å². The summed E-state index contributed by atoms with van der Waals surface area (Å²) in [5.74, 6) is -0.240. The van der Waals surface area contributed by atoms with Crippen molar-refractivity contribution in [2.75, 3.05) is 18.8 Å². The van der Waals surface area contributed by atoms with Gasteiger partial charge in [0.05, 0.1) is 16.3 Å². The number of carbonyl (C=O) groups excluding carboxylic acids is 1. The Balaban J connectivity index is 2.24. The number of pyridine rings is 1. The lowest BCUT2D eigenvalue weighted by Crippen LogP contribution is -2.32. The minimum Gasteiger partial charge on any atom is -0.335 e. The van der Waals surface area contributed by atoms with Crippen molar-refractivity contribution in [1.82, 2.24) is 19.5 Å². The number of fused-ring (bicyclic) bond motifs is 1. The molecule has 0 fully saturated rings. The normalized spacial score (nSPS) is 11.5. The van der Waals surface area contributed by atoms with Crippen molar-refractivity contribution in [3.8, 4) is 0 Å². The molecule has 1 amide bonds. The van der Waals surface area contributed by atoms with E-state index in [1.165, 1.54) is 4.90 Å². The van der Waals surface area contributed by atoms with Gasteiger partial charge in [-0.1, -0.05) is 35.5 Å². The third-order valence-corrected chi connectivity index (χ3v) is 4.34. The van der Waals surface area contributed by atoms with Gasteiger partial charge in [0, 0.05) is 19.3 Å². The summed E-state index contributed by atoms with van der Waals surface area (Å²) in [4.78, 5) is 13.7. The number of hydrogen-bond donors (Lipinski definition) is 0. The highest BCUT2D eigenvalue weighted by molar-refractivity contribution is 7.99. The molecule has 0 N–H and O–H groups in total. The van der Waals surface area contributed by atoms with E-state index in [0.29, 0.717) is 13.1 Å². The molecule has 0 spiro atoms. The smallest absolute Gasteiger partial charge is 0.335 e. The van der Waals surface area contributed by atoms with Crippen molar-refractivity contribution >= 4 is 34.9 Å². The number of rotatable bonds is 7. The Hall–Kier alpha value is -2.00. The van der Waals surface area contributed by atoms with Crippen LogP contribution >= 0.6 is 23.4 Å². The number of alkyl halides is 3. The third kappa shape index (κ3) is 4.55. The van der Waals surface area contributed by atoms with E-state index in [-0.39, 0.29) is 27.5 Å². The number of aromatic nitrogens is 3. The molecule has 0 aliphatic heterocycles. The first-order valence-corrected chi connectivity index (χ1v) is 8.38. The molecule has 0 radical (unpaired) electrons. The second-order valence-electron chi connectivity index (χ2n) is 4.92. The van der Waals surface area contributed by atoms with Gasteiger partial charge in [0.2, 0.25) is 5.91 Å². The minimum absolute atomic E-state index is 0.0175. The molecule has 2 rings (SSSR count). The van der Waals surface area contributed by atoms with E-state index in [1.807, 2.05) is 0 Å². The summed E-state index contributed by atoms with van der Waals surface area (Å²) in [6.07, 6.45) is -0.536. The molecule has 0 saturated heterocycles. The summed E-state index contributed by atoms with van der Waals surface area (Å²) >= 11 is 6.82. The van der Waals surface area contributed by atoms with Gasteiger partial charge in [0.25, 0.3) is 0 Å². The van der Waals surface area contributed by atoms with Crippen LogP contribution in [0.5, 0.6) is 0 Å². The maximum atomic E-state index is 12.9. The molecule has 0 aromatic carbocycles. The first kappa shape index (κ1) is 19.3. The van der Waals surface area contributed by atoms with Crippen LogP contribution in [0.1, 0.15) is 5.56 Å². The molecule has 10 heteroatoms. The lowest BCUT2D eigenvalue weighted by atomic mass is 10.3. The van der Waals surface area contributed by atoms with Crippen LogP contribution in [0.25, 0.3) is 5.65 Å². The van der Waals surface area contributed by atoms with Crippen LogP contribution in [0.2, 0.25) is 5.02 Å². The number of hydrogen-bond acceptors (Lipinski definition) is 4. The molecule has 134 valence electrons. The number of amides is 1. The largest absolute Gasteiger partial charge is 0.417 e. The Bertz CT molecular complexity index is 796. The van der Waals surface area contributed by atoms with Crippen LogP contribution in [0.15, 0.2) is 42.7 Å². The molecule has 0 bridgehead atoms. The molecular formula is C15H14ClF3N4OS. The molecule has 25 heavy (non-hydrogen) atoms. The van der Waals surface area contributed by atoms with Gasteiger partial charge in [0.1, 0.15) is 0 Å². The highest BCUT2D eigenvalue weighted by Gasteiger charge is 2.32. The maximum absolute atomic E-state index is 12.9. The van der Waals surface area contributed by atoms with Gasteiger partial charge >= 0.3 is 6.18 Å². The highest BCUT2D eigenvalue weighted by atomic mass is 35.5. The van der Waals surface area contributed by atoms with Crippen molar-refractivity contribution in [2.45, 2.75) is 11.3 Å². The van der Waals surface area contributed by atoms with Crippen molar-refractivity contribution in [1.29, 1.82) is 0 Å². The zero-order valence-electron chi connectivity index (χ0n) is 13.0. The Labute approximate surface area is 151 Å².